The van der Waals surface area contributed by atoms with E-state index in [0.29, 0.717) is 6.04 Å². The van der Waals surface area contributed by atoms with Crippen LogP contribution in [0.4, 0.5) is 0 Å². The van der Waals surface area contributed by atoms with Gasteiger partial charge in [-0.1, -0.05) is 40.0 Å². The van der Waals surface area contributed by atoms with Crippen LogP contribution in [0.1, 0.15) is 66.7 Å². The van der Waals surface area contributed by atoms with Crippen LogP contribution < -0.4 is 10.6 Å². The van der Waals surface area contributed by atoms with Crippen molar-refractivity contribution in [3.05, 3.63) is 0 Å². The van der Waals surface area contributed by atoms with Crippen molar-refractivity contribution < 1.29 is 4.79 Å². The third kappa shape index (κ3) is 9.46. The van der Waals surface area contributed by atoms with E-state index in [9.17, 15) is 4.79 Å². The van der Waals surface area contributed by atoms with Crippen LogP contribution in [-0.4, -0.2) is 24.5 Å². The third-order valence-corrected chi connectivity index (χ3v) is 3.18. The minimum Gasteiger partial charge on any atom is -0.355 e. The second-order valence-corrected chi connectivity index (χ2v) is 5.76. The summed E-state index contributed by atoms with van der Waals surface area (Å²) >= 11 is 0. The largest absolute Gasteiger partial charge is 0.355 e. The maximum Gasteiger partial charge on any atom is 0.236 e. The lowest BCUT2D eigenvalue weighted by atomic mass is 10.0. The molecule has 0 aliphatic carbocycles. The second-order valence-electron chi connectivity index (χ2n) is 5.76. The molecule has 0 aromatic rings. The van der Waals surface area contributed by atoms with Crippen LogP contribution in [-0.2, 0) is 4.79 Å². The molecule has 0 bridgehead atoms. The summed E-state index contributed by atoms with van der Waals surface area (Å²) in [7, 11) is 0. The fraction of sp³-hybridized carbons (Fsp3) is 0.933. The number of hydrogen-bond acceptors (Lipinski definition) is 2. The summed E-state index contributed by atoms with van der Waals surface area (Å²) in [5, 5.41) is 6.33. The third-order valence-electron chi connectivity index (χ3n) is 3.18. The first-order valence-electron chi connectivity index (χ1n) is 7.51. The monoisotopic (exact) mass is 256 g/mol. The lowest BCUT2D eigenvalue weighted by molar-refractivity contribution is -0.122. The van der Waals surface area contributed by atoms with Crippen LogP contribution in [0.25, 0.3) is 0 Å². The Morgan fingerprint density at radius 3 is 2.28 bits per heavy atom. The lowest BCUT2D eigenvalue weighted by Crippen LogP contribution is -2.45. The van der Waals surface area contributed by atoms with Gasteiger partial charge < -0.3 is 10.6 Å². The summed E-state index contributed by atoms with van der Waals surface area (Å²) in [6, 6.07) is 0.326. The Bertz CT molecular complexity index is 217. The molecule has 0 aliphatic rings. The number of carbonyl (C=O) groups excluding carboxylic acids is 1. The van der Waals surface area contributed by atoms with Gasteiger partial charge in [-0.15, -0.1) is 0 Å². The van der Waals surface area contributed by atoms with Gasteiger partial charge in [0.25, 0.3) is 0 Å². The summed E-state index contributed by atoms with van der Waals surface area (Å²) < 4.78 is 0. The maximum absolute atomic E-state index is 11.8. The Hall–Kier alpha value is -0.570. The zero-order chi connectivity index (χ0) is 14.0. The number of amides is 1. The normalized spacial score (nSPS) is 14.6. The first-order valence-corrected chi connectivity index (χ1v) is 7.51. The molecule has 2 atom stereocenters. The van der Waals surface area contributed by atoms with Gasteiger partial charge in [-0.25, -0.2) is 0 Å². The van der Waals surface area contributed by atoms with Gasteiger partial charge in [0.05, 0.1) is 6.04 Å². The van der Waals surface area contributed by atoms with Crippen LogP contribution in [0.3, 0.4) is 0 Å². The minimum absolute atomic E-state index is 0.0871. The van der Waals surface area contributed by atoms with Crippen molar-refractivity contribution in [2.24, 2.45) is 5.92 Å². The summed E-state index contributed by atoms with van der Waals surface area (Å²) in [4.78, 5) is 11.8. The average molecular weight is 256 g/mol. The number of rotatable bonds is 10. The molecule has 0 heterocycles. The zero-order valence-corrected chi connectivity index (χ0v) is 12.9. The molecule has 0 spiro atoms. The van der Waals surface area contributed by atoms with E-state index in [1.165, 1.54) is 12.8 Å². The Labute approximate surface area is 113 Å². The molecule has 3 heteroatoms. The number of hydrogen-bond donors (Lipinski definition) is 2. The van der Waals surface area contributed by atoms with Crippen LogP contribution in [0.2, 0.25) is 0 Å². The van der Waals surface area contributed by atoms with Gasteiger partial charge in [0, 0.05) is 12.6 Å². The maximum atomic E-state index is 11.8. The smallest absolute Gasteiger partial charge is 0.236 e. The molecule has 0 rings (SSSR count). The van der Waals surface area contributed by atoms with Crippen molar-refractivity contribution in [2.45, 2.75) is 78.8 Å². The van der Waals surface area contributed by atoms with Gasteiger partial charge in [0.15, 0.2) is 0 Å². The first kappa shape index (κ1) is 17.4. The van der Waals surface area contributed by atoms with Crippen molar-refractivity contribution in [2.75, 3.05) is 6.54 Å². The SMILES string of the molecule is CCCCNC(=O)C(C)NC(C)CCCC(C)C. The van der Waals surface area contributed by atoms with Crippen molar-refractivity contribution in [3.63, 3.8) is 0 Å². The van der Waals surface area contributed by atoms with Gasteiger partial charge >= 0.3 is 0 Å². The van der Waals surface area contributed by atoms with E-state index in [1.807, 2.05) is 6.92 Å². The van der Waals surface area contributed by atoms with E-state index in [1.54, 1.807) is 0 Å². The lowest BCUT2D eigenvalue weighted by Gasteiger charge is -2.20. The number of unbranched alkanes of at least 4 members (excludes halogenated alkanes) is 1. The minimum atomic E-state index is -0.0871. The quantitative estimate of drug-likeness (QED) is 0.590. The number of carbonyl (C=O) groups is 1. The van der Waals surface area contributed by atoms with E-state index >= 15 is 0 Å². The molecule has 1 amide bonds. The predicted octanol–water partition coefficient (Wildman–Crippen LogP) is 3.10. The van der Waals surface area contributed by atoms with Crippen LogP contribution >= 0.6 is 0 Å². The Kier molecular flexibility index (Phi) is 10.0. The van der Waals surface area contributed by atoms with E-state index in [2.05, 4.69) is 38.3 Å². The Morgan fingerprint density at radius 1 is 1.06 bits per heavy atom. The number of nitrogens with one attached hydrogen (secondary N) is 2. The molecule has 2 unspecified atom stereocenters. The summed E-state index contributed by atoms with van der Waals surface area (Å²) in [6.45, 7) is 11.5. The molecule has 0 saturated heterocycles. The summed E-state index contributed by atoms with van der Waals surface area (Å²) in [5.74, 6) is 0.895. The molecule has 0 aromatic carbocycles. The van der Waals surface area contributed by atoms with Crippen molar-refractivity contribution >= 4 is 5.91 Å². The van der Waals surface area contributed by atoms with Crippen molar-refractivity contribution in [1.29, 1.82) is 0 Å². The van der Waals surface area contributed by atoms with E-state index in [0.717, 1.165) is 31.7 Å². The standard InChI is InChI=1S/C15H32N2O/c1-6-7-11-16-15(18)14(5)17-13(4)10-8-9-12(2)3/h12-14,17H,6-11H2,1-5H3,(H,16,18). The summed E-state index contributed by atoms with van der Waals surface area (Å²) in [5.41, 5.74) is 0. The molecular weight excluding hydrogens is 224 g/mol. The molecule has 0 aliphatic heterocycles. The Morgan fingerprint density at radius 2 is 1.72 bits per heavy atom. The fourth-order valence-corrected chi connectivity index (χ4v) is 1.96. The van der Waals surface area contributed by atoms with Gasteiger partial charge in [0.2, 0.25) is 5.91 Å². The molecule has 0 radical (unpaired) electrons. The van der Waals surface area contributed by atoms with Crippen LogP contribution in [0, 0.1) is 5.92 Å². The molecule has 18 heavy (non-hydrogen) atoms. The molecule has 0 saturated carbocycles. The topological polar surface area (TPSA) is 41.1 Å². The average Bonchev–Trinajstić information content (AvgIpc) is 2.28. The van der Waals surface area contributed by atoms with Crippen molar-refractivity contribution in [1.82, 2.24) is 10.6 Å². The van der Waals surface area contributed by atoms with Crippen molar-refractivity contribution in [3.8, 4) is 0 Å². The molecule has 3 nitrogen and oxygen atoms in total. The van der Waals surface area contributed by atoms with Gasteiger partial charge in [-0.3, -0.25) is 4.79 Å². The molecule has 0 fully saturated rings. The van der Waals surface area contributed by atoms with E-state index in [4.69, 9.17) is 0 Å². The highest BCUT2D eigenvalue weighted by Crippen LogP contribution is 2.08. The van der Waals surface area contributed by atoms with E-state index in [-0.39, 0.29) is 11.9 Å². The zero-order valence-electron chi connectivity index (χ0n) is 12.9. The van der Waals surface area contributed by atoms with Gasteiger partial charge in [-0.2, -0.15) is 0 Å². The first-order chi connectivity index (χ1) is 8.47. The van der Waals surface area contributed by atoms with E-state index < -0.39 is 0 Å². The molecule has 0 aromatic heterocycles. The second kappa shape index (κ2) is 10.4. The highest BCUT2D eigenvalue weighted by Gasteiger charge is 2.14. The van der Waals surface area contributed by atoms with Gasteiger partial charge in [0.1, 0.15) is 0 Å². The summed E-state index contributed by atoms with van der Waals surface area (Å²) in [6.07, 6.45) is 5.82. The Balaban J connectivity index is 3.70. The van der Waals surface area contributed by atoms with Crippen LogP contribution in [0.15, 0.2) is 0 Å². The predicted molar refractivity (Wildman–Crippen MR) is 78.7 cm³/mol. The molecular formula is C15H32N2O. The van der Waals surface area contributed by atoms with Gasteiger partial charge in [-0.05, 0) is 32.6 Å². The highest BCUT2D eigenvalue weighted by molar-refractivity contribution is 5.81. The fourth-order valence-electron chi connectivity index (χ4n) is 1.96. The molecule has 108 valence electrons. The molecule has 2 N–H and O–H groups in total. The van der Waals surface area contributed by atoms with Crippen LogP contribution in [0.5, 0.6) is 0 Å². The highest BCUT2D eigenvalue weighted by atomic mass is 16.2.